The molecule has 3 heteroatoms. The summed E-state index contributed by atoms with van der Waals surface area (Å²) in [6.45, 7) is 0. The van der Waals surface area contributed by atoms with E-state index in [2.05, 4.69) is 60.1 Å². The van der Waals surface area contributed by atoms with Crippen LogP contribution in [0.25, 0.3) is 0 Å². The number of nitrogens with zero attached hydrogens (tertiary/aromatic N) is 1. The van der Waals surface area contributed by atoms with Crippen LogP contribution in [0.15, 0.2) is 65.6 Å². The van der Waals surface area contributed by atoms with E-state index in [4.69, 9.17) is 4.84 Å². The second-order valence-electron chi connectivity index (χ2n) is 4.25. The van der Waals surface area contributed by atoms with Gasteiger partial charge in [0.2, 0.25) is 5.49 Å². The summed E-state index contributed by atoms with van der Waals surface area (Å²) in [7, 11) is 0.132. The molecule has 1 fully saturated rings. The van der Waals surface area contributed by atoms with Crippen molar-refractivity contribution in [3.63, 3.8) is 0 Å². The molecule has 17 heavy (non-hydrogen) atoms. The van der Waals surface area contributed by atoms with Crippen LogP contribution in [0, 0.1) is 0 Å². The van der Waals surface area contributed by atoms with E-state index >= 15 is 0 Å². The molecule has 3 atom stereocenters. The molecule has 2 aromatic carbocycles. The highest BCUT2D eigenvalue weighted by Gasteiger charge is 2.73. The molecular formula is C14H12NOS+. The Balaban J connectivity index is 1.59. The molecule has 84 valence electrons. The lowest BCUT2D eigenvalue weighted by Gasteiger charge is -1.93. The Morgan fingerprint density at radius 3 is 2.24 bits per heavy atom. The van der Waals surface area contributed by atoms with Gasteiger partial charge in [0.1, 0.15) is 10.7 Å². The Labute approximate surface area is 103 Å². The minimum Gasteiger partial charge on any atom is -0.108 e. The van der Waals surface area contributed by atoms with Crippen LogP contribution in [0.4, 0.5) is 0 Å². The molecule has 0 amide bonds. The maximum atomic E-state index is 5.86. The van der Waals surface area contributed by atoms with Crippen LogP contribution in [0.1, 0.15) is 11.8 Å². The molecular weight excluding hydrogens is 230 g/mol. The molecule has 0 N–H and O–H groups in total. The second kappa shape index (κ2) is 3.29. The average Bonchev–Trinajstić information content (AvgIpc) is 3.31. The summed E-state index contributed by atoms with van der Waals surface area (Å²) in [6, 6.07) is 21.0. The smallest absolute Gasteiger partial charge is 0.108 e. The first-order chi connectivity index (χ1) is 8.40. The van der Waals surface area contributed by atoms with Gasteiger partial charge in [-0.25, -0.2) is 0 Å². The first kappa shape index (κ1) is 9.59. The number of quaternary nitrogens is 1. The van der Waals surface area contributed by atoms with Crippen LogP contribution >= 0.6 is 10.7 Å². The van der Waals surface area contributed by atoms with Gasteiger partial charge in [-0.15, -0.1) is 4.84 Å². The number of hydroxylamine groups is 2. The molecule has 2 aliphatic rings. The summed E-state index contributed by atoms with van der Waals surface area (Å²) in [5, 5.41) is 0. The van der Waals surface area contributed by atoms with E-state index in [0.29, 0.717) is 4.05 Å². The molecule has 0 aromatic heterocycles. The lowest BCUT2D eigenvalue weighted by molar-refractivity contribution is -0.662. The van der Waals surface area contributed by atoms with Gasteiger partial charge in [-0.1, -0.05) is 48.5 Å². The monoisotopic (exact) mass is 242 g/mol. The summed E-state index contributed by atoms with van der Waals surface area (Å²) >= 11 is 0. The quantitative estimate of drug-likeness (QED) is 0.446. The fourth-order valence-corrected chi connectivity index (χ4v) is 4.07. The molecule has 3 unspecified atom stereocenters. The Morgan fingerprint density at radius 1 is 0.882 bits per heavy atom. The Hall–Kier alpha value is -1.42. The van der Waals surface area contributed by atoms with E-state index in [1.807, 2.05) is 6.07 Å². The van der Waals surface area contributed by atoms with Gasteiger partial charge in [0.05, 0.1) is 4.90 Å². The van der Waals surface area contributed by atoms with Crippen LogP contribution in [0.3, 0.4) is 0 Å². The van der Waals surface area contributed by atoms with Gasteiger partial charge in [-0.05, 0) is 16.2 Å². The molecule has 0 bridgehead atoms. The third kappa shape index (κ3) is 1.40. The predicted octanol–water partition coefficient (Wildman–Crippen LogP) is 3.46. The summed E-state index contributed by atoms with van der Waals surface area (Å²) in [5.74, 6) is 0. The van der Waals surface area contributed by atoms with Crippen LogP contribution in [0.2, 0.25) is 0 Å². The van der Waals surface area contributed by atoms with Gasteiger partial charge in [-0.2, -0.15) is 0 Å². The minimum absolute atomic E-state index is 0.132. The lowest BCUT2D eigenvalue weighted by atomic mass is 10.2. The summed E-state index contributed by atoms with van der Waals surface area (Å²) < 4.78 is 0.716. The first-order valence-corrected chi connectivity index (χ1v) is 6.91. The van der Waals surface area contributed by atoms with Crippen molar-refractivity contribution < 1.29 is 8.89 Å². The zero-order chi connectivity index (χ0) is 11.3. The third-order valence-corrected chi connectivity index (χ3v) is 5.17. The highest BCUT2D eigenvalue weighted by molar-refractivity contribution is 8.15. The topological polar surface area (TPSA) is 12.5 Å². The predicted molar refractivity (Wildman–Crippen MR) is 68.9 cm³/mol. The third-order valence-electron chi connectivity index (χ3n) is 3.12. The fourth-order valence-electron chi connectivity index (χ4n) is 2.15. The van der Waals surface area contributed by atoms with E-state index in [1.54, 1.807) is 0 Å². The van der Waals surface area contributed by atoms with E-state index in [0.717, 1.165) is 0 Å². The van der Waals surface area contributed by atoms with E-state index in [9.17, 15) is 0 Å². The average molecular weight is 242 g/mol. The van der Waals surface area contributed by atoms with Gasteiger partial charge in [0.25, 0.3) is 0 Å². The molecule has 4 rings (SSSR count). The van der Waals surface area contributed by atoms with Crippen molar-refractivity contribution in [3.05, 3.63) is 66.2 Å². The number of hydrogen-bond acceptors (Lipinski definition) is 1. The molecule has 2 nitrogen and oxygen atoms in total. The fraction of sp³-hybridized carbons (Fsp3) is 0.0714. The number of rotatable bonds is 2. The Bertz CT molecular complexity index is 596. The zero-order valence-electron chi connectivity index (χ0n) is 9.19. The Kier molecular flexibility index (Phi) is 1.86. The van der Waals surface area contributed by atoms with Crippen molar-refractivity contribution in [3.8, 4) is 0 Å². The van der Waals surface area contributed by atoms with E-state index < -0.39 is 0 Å². The molecule has 0 aliphatic carbocycles. The SMILES string of the molecule is C1=S(c2ccccc2)[N+]12OC2c1ccccc1. The van der Waals surface area contributed by atoms with Crippen molar-refractivity contribution >= 4 is 16.2 Å². The van der Waals surface area contributed by atoms with Gasteiger partial charge in [0, 0.05) is 5.56 Å². The van der Waals surface area contributed by atoms with E-state index in [-0.39, 0.29) is 16.9 Å². The van der Waals surface area contributed by atoms with Crippen LogP contribution < -0.4 is 0 Å². The molecule has 1 saturated heterocycles. The molecule has 0 radical (unpaired) electrons. The molecule has 1 spiro atoms. The van der Waals surface area contributed by atoms with Crippen molar-refractivity contribution in [2.24, 2.45) is 0 Å². The van der Waals surface area contributed by atoms with E-state index in [1.165, 1.54) is 10.5 Å². The van der Waals surface area contributed by atoms with Crippen molar-refractivity contribution in [1.82, 2.24) is 0 Å². The number of benzene rings is 2. The summed E-state index contributed by atoms with van der Waals surface area (Å²) in [6.07, 6.45) is 0.222. The lowest BCUT2D eigenvalue weighted by Crippen LogP contribution is -1.96. The normalized spacial score (nSPS) is 33.2. The zero-order valence-corrected chi connectivity index (χ0v) is 10.0. The van der Waals surface area contributed by atoms with Gasteiger partial charge < -0.3 is 0 Å². The minimum atomic E-state index is 0.132. The van der Waals surface area contributed by atoms with Crippen LogP contribution in [-0.4, -0.2) is 9.54 Å². The van der Waals surface area contributed by atoms with Crippen LogP contribution in [-0.2, 0) is 4.84 Å². The molecule has 2 heterocycles. The maximum absolute atomic E-state index is 5.86. The van der Waals surface area contributed by atoms with Crippen molar-refractivity contribution in [2.45, 2.75) is 11.1 Å². The highest BCUT2D eigenvalue weighted by atomic mass is 32.2. The maximum Gasteiger partial charge on any atom is 0.317 e. The summed E-state index contributed by atoms with van der Waals surface area (Å²) in [4.78, 5) is 7.23. The largest absolute Gasteiger partial charge is 0.317 e. The summed E-state index contributed by atoms with van der Waals surface area (Å²) in [5.41, 5.74) is 3.56. The molecule has 0 saturated carbocycles. The standard InChI is InChI=1S/C14H12NOS/c1-3-7-12(8-4-1)14-15(16-14)11-17(15)13-9-5-2-6-10-13/h1-11,14H/q+1. The Morgan fingerprint density at radius 2 is 1.53 bits per heavy atom. The first-order valence-electron chi connectivity index (χ1n) is 5.67. The van der Waals surface area contributed by atoms with Gasteiger partial charge in [-0.3, -0.25) is 0 Å². The van der Waals surface area contributed by atoms with Gasteiger partial charge in [0.15, 0.2) is 0 Å². The van der Waals surface area contributed by atoms with Gasteiger partial charge >= 0.3 is 6.23 Å². The van der Waals surface area contributed by atoms with Crippen LogP contribution in [0.5, 0.6) is 0 Å². The number of hydrogen-bond donors (Lipinski definition) is 0. The highest BCUT2D eigenvalue weighted by Crippen LogP contribution is 2.67. The molecule has 2 aliphatic heterocycles. The molecule has 2 aromatic rings. The van der Waals surface area contributed by atoms with Crippen molar-refractivity contribution in [1.29, 1.82) is 0 Å². The second-order valence-corrected chi connectivity index (χ2v) is 6.13. The van der Waals surface area contributed by atoms with Crippen molar-refractivity contribution in [2.75, 3.05) is 0 Å².